The van der Waals surface area contributed by atoms with Gasteiger partial charge in [-0.05, 0) is 48.4 Å². The first-order chi connectivity index (χ1) is 12.9. The lowest BCUT2D eigenvalue weighted by Crippen LogP contribution is -2.33. The normalized spacial score (nSPS) is 17.0. The molecule has 0 radical (unpaired) electrons. The minimum Gasteiger partial charge on any atom is -0.497 e. The summed E-state index contributed by atoms with van der Waals surface area (Å²) in [7, 11) is 1.71. The molecule has 1 N–H and O–H groups in total. The summed E-state index contributed by atoms with van der Waals surface area (Å²) < 4.78 is 5.36. The van der Waals surface area contributed by atoms with Crippen molar-refractivity contribution in [2.75, 3.05) is 33.3 Å². The summed E-state index contributed by atoms with van der Waals surface area (Å²) >= 11 is 0. The third-order valence-electron chi connectivity index (χ3n) is 5.15. The molecule has 0 bridgehead atoms. The Kier molecular flexibility index (Phi) is 5.14. The van der Waals surface area contributed by atoms with Crippen molar-refractivity contribution >= 4 is 10.9 Å². The zero-order valence-corrected chi connectivity index (χ0v) is 15.2. The molecule has 1 aliphatic heterocycles. The molecule has 2 heterocycles. The van der Waals surface area contributed by atoms with Crippen molar-refractivity contribution in [2.24, 2.45) is 0 Å². The minimum absolute atomic E-state index is 0.216. The molecule has 3 aromatic rings. The summed E-state index contributed by atoms with van der Waals surface area (Å²) in [6.07, 6.45) is 3.10. The van der Waals surface area contributed by atoms with Gasteiger partial charge in [0, 0.05) is 31.2 Å². The fourth-order valence-electron chi connectivity index (χ4n) is 3.85. The Morgan fingerprint density at radius 3 is 2.69 bits per heavy atom. The fourth-order valence-corrected chi connectivity index (χ4v) is 3.85. The average Bonchev–Trinajstić information content (AvgIpc) is 2.98. The molecule has 1 aliphatic rings. The van der Waals surface area contributed by atoms with Gasteiger partial charge >= 0.3 is 0 Å². The molecule has 1 atom stereocenters. The Labute approximate surface area is 154 Å². The van der Waals surface area contributed by atoms with E-state index in [1.165, 1.54) is 16.5 Å². The number of rotatable bonds is 4. The second-order valence-corrected chi connectivity index (χ2v) is 6.73. The molecule has 134 valence electrons. The highest BCUT2D eigenvalue weighted by molar-refractivity contribution is 5.82. The molecular weight excluding hydrogens is 322 g/mol. The maximum atomic E-state index is 5.36. The minimum atomic E-state index is 0.216. The van der Waals surface area contributed by atoms with E-state index in [0.29, 0.717) is 0 Å². The predicted octanol–water partition coefficient (Wildman–Crippen LogP) is 3.63. The Morgan fingerprint density at radius 2 is 1.85 bits per heavy atom. The van der Waals surface area contributed by atoms with E-state index in [1.54, 1.807) is 7.11 Å². The number of hydrogen-bond acceptors (Lipinski definition) is 4. The maximum absolute atomic E-state index is 5.36. The summed E-state index contributed by atoms with van der Waals surface area (Å²) in [6, 6.07) is 19.3. The predicted molar refractivity (Wildman–Crippen MR) is 106 cm³/mol. The zero-order valence-electron chi connectivity index (χ0n) is 15.2. The molecule has 1 saturated heterocycles. The van der Waals surface area contributed by atoms with Crippen LogP contribution in [0.4, 0.5) is 0 Å². The van der Waals surface area contributed by atoms with Crippen LogP contribution in [0.15, 0.2) is 60.8 Å². The first-order valence-electron chi connectivity index (χ1n) is 9.29. The topological polar surface area (TPSA) is 37.4 Å². The van der Waals surface area contributed by atoms with Crippen LogP contribution in [-0.2, 0) is 0 Å². The van der Waals surface area contributed by atoms with Gasteiger partial charge in [0.05, 0.1) is 18.7 Å². The van der Waals surface area contributed by atoms with Gasteiger partial charge < -0.3 is 10.1 Å². The summed E-state index contributed by atoms with van der Waals surface area (Å²) in [5, 5.41) is 4.75. The lowest BCUT2D eigenvalue weighted by Gasteiger charge is -2.32. The molecule has 4 heteroatoms. The van der Waals surface area contributed by atoms with Gasteiger partial charge in [-0.2, -0.15) is 0 Å². The number of pyridine rings is 1. The highest BCUT2D eigenvalue weighted by Gasteiger charge is 2.25. The molecule has 26 heavy (non-hydrogen) atoms. The van der Waals surface area contributed by atoms with E-state index < -0.39 is 0 Å². The highest BCUT2D eigenvalue weighted by Crippen LogP contribution is 2.34. The van der Waals surface area contributed by atoms with Crippen LogP contribution in [-0.4, -0.2) is 43.2 Å². The molecule has 1 fully saturated rings. The van der Waals surface area contributed by atoms with E-state index in [1.807, 2.05) is 6.20 Å². The van der Waals surface area contributed by atoms with Crippen molar-refractivity contribution in [2.45, 2.75) is 12.5 Å². The standard InChI is InChI=1S/C22H25N3O/c1-26-18-9-7-17(8-10-18)22(25-15-4-12-23-14-16-25)20-11-13-24-21-6-3-2-5-19(20)21/h2-3,5-11,13,22-23H,4,12,14-16H2,1H3. The number of aromatic nitrogens is 1. The molecule has 1 aromatic heterocycles. The molecule has 4 nitrogen and oxygen atoms in total. The molecule has 1 unspecified atom stereocenters. The van der Waals surface area contributed by atoms with Gasteiger partial charge in [-0.15, -0.1) is 0 Å². The quantitative estimate of drug-likeness (QED) is 0.782. The van der Waals surface area contributed by atoms with Gasteiger partial charge in [-0.3, -0.25) is 9.88 Å². The van der Waals surface area contributed by atoms with Gasteiger partial charge in [0.15, 0.2) is 0 Å². The molecule has 0 aliphatic carbocycles. The second-order valence-electron chi connectivity index (χ2n) is 6.73. The largest absolute Gasteiger partial charge is 0.497 e. The van der Waals surface area contributed by atoms with Gasteiger partial charge in [-0.25, -0.2) is 0 Å². The van der Waals surface area contributed by atoms with Crippen molar-refractivity contribution in [1.82, 2.24) is 15.2 Å². The summed E-state index contributed by atoms with van der Waals surface area (Å²) in [4.78, 5) is 7.14. The Hall–Kier alpha value is -2.43. The SMILES string of the molecule is COc1ccc(C(c2ccnc3ccccc23)N2CCCNCC2)cc1. The number of fused-ring (bicyclic) bond motifs is 1. The van der Waals surface area contributed by atoms with Gasteiger partial charge in [0.2, 0.25) is 0 Å². The number of methoxy groups -OCH3 is 1. The van der Waals surface area contributed by atoms with Crippen molar-refractivity contribution < 1.29 is 4.74 Å². The summed E-state index contributed by atoms with van der Waals surface area (Å²) in [6.45, 7) is 4.23. The van der Waals surface area contributed by atoms with E-state index in [4.69, 9.17) is 4.74 Å². The summed E-state index contributed by atoms with van der Waals surface area (Å²) in [5.74, 6) is 0.893. The van der Waals surface area contributed by atoms with Gasteiger partial charge in [0.1, 0.15) is 5.75 Å². The van der Waals surface area contributed by atoms with Crippen LogP contribution >= 0.6 is 0 Å². The van der Waals surface area contributed by atoms with Gasteiger partial charge in [0.25, 0.3) is 0 Å². The molecule has 0 amide bonds. The van der Waals surface area contributed by atoms with Crippen LogP contribution in [0.5, 0.6) is 5.75 Å². The van der Waals surface area contributed by atoms with Crippen LogP contribution in [0.2, 0.25) is 0 Å². The van der Waals surface area contributed by atoms with Crippen molar-refractivity contribution in [3.8, 4) is 5.75 Å². The summed E-state index contributed by atoms with van der Waals surface area (Å²) in [5.41, 5.74) is 3.67. The Morgan fingerprint density at radius 1 is 1.00 bits per heavy atom. The third kappa shape index (κ3) is 3.43. The number of hydrogen-bond donors (Lipinski definition) is 1. The van der Waals surface area contributed by atoms with Crippen LogP contribution in [0.1, 0.15) is 23.6 Å². The van der Waals surface area contributed by atoms with E-state index >= 15 is 0 Å². The lowest BCUT2D eigenvalue weighted by atomic mass is 9.94. The second kappa shape index (κ2) is 7.85. The Balaban J connectivity index is 1.83. The van der Waals surface area contributed by atoms with E-state index in [-0.39, 0.29) is 6.04 Å². The molecule has 2 aromatic carbocycles. The number of benzene rings is 2. The lowest BCUT2D eigenvalue weighted by molar-refractivity contribution is 0.242. The highest BCUT2D eigenvalue weighted by atomic mass is 16.5. The molecule has 0 saturated carbocycles. The van der Waals surface area contributed by atoms with Crippen LogP contribution in [0.25, 0.3) is 10.9 Å². The smallest absolute Gasteiger partial charge is 0.118 e. The van der Waals surface area contributed by atoms with Crippen LogP contribution in [0.3, 0.4) is 0 Å². The van der Waals surface area contributed by atoms with Crippen molar-refractivity contribution in [3.63, 3.8) is 0 Å². The van der Waals surface area contributed by atoms with Crippen molar-refractivity contribution in [1.29, 1.82) is 0 Å². The first-order valence-corrected chi connectivity index (χ1v) is 9.29. The third-order valence-corrected chi connectivity index (χ3v) is 5.15. The average molecular weight is 347 g/mol. The maximum Gasteiger partial charge on any atom is 0.118 e. The first kappa shape index (κ1) is 17.0. The van der Waals surface area contributed by atoms with E-state index in [9.17, 15) is 0 Å². The zero-order chi connectivity index (χ0) is 17.8. The van der Waals surface area contributed by atoms with E-state index in [2.05, 4.69) is 69.8 Å². The molecule has 0 spiro atoms. The number of para-hydroxylation sites is 1. The molecule has 4 rings (SSSR count). The number of ether oxygens (including phenoxy) is 1. The number of nitrogens with zero attached hydrogens (tertiary/aromatic N) is 2. The monoisotopic (exact) mass is 347 g/mol. The van der Waals surface area contributed by atoms with Crippen molar-refractivity contribution in [3.05, 3.63) is 71.9 Å². The fraction of sp³-hybridized carbons (Fsp3) is 0.318. The Bertz CT molecular complexity index is 849. The van der Waals surface area contributed by atoms with Crippen LogP contribution in [0, 0.1) is 0 Å². The van der Waals surface area contributed by atoms with E-state index in [0.717, 1.165) is 43.9 Å². The number of nitrogens with one attached hydrogen (secondary N) is 1. The van der Waals surface area contributed by atoms with Crippen LogP contribution < -0.4 is 10.1 Å². The van der Waals surface area contributed by atoms with Gasteiger partial charge in [-0.1, -0.05) is 30.3 Å². The molecular formula is C22H25N3O.